The lowest BCUT2D eigenvalue weighted by atomic mass is 9.56. The lowest BCUT2D eigenvalue weighted by Crippen LogP contribution is -2.52. The molecule has 10 atom stereocenters. The molecule has 0 aromatic carbocycles. The van der Waals surface area contributed by atoms with Gasteiger partial charge in [-0.25, -0.2) is 0 Å². The maximum atomic E-state index is 10.4. The second-order valence-corrected chi connectivity index (χ2v) is 14.9. The first kappa shape index (κ1) is 30.3. The molecule has 232 valence electrons. The highest BCUT2D eigenvalue weighted by atomic mass is 16.5. The number of nitrogens with zero attached hydrogens (tertiary/aromatic N) is 1. The molecule has 0 aromatic rings. The van der Waals surface area contributed by atoms with Gasteiger partial charge in [0.05, 0.1) is 50.8 Å². The van der Waals surface area contributed by atoms with Gasteiger partial charge in [0.15, 0.2) is 0 Å². The molecule has 6 rings (SSSR count). The predicted molar refractivity (Wildman–Crippen MR) is 162 cm³/mol. The van der Waals surface area contributed by atoms with E-state index in [2.05, 4.69) is 38.7 Å². The molecule has 6 aliphatic rings. The molecule has 1 unspecified atom stereocenters. The number of rotatable bonds is 9. The van der Waals surface area contributed by atoms with Gasteiger partial charge in [0.2, 0.25) is 0 Å². The van der Waals surface area contributed by atoms with E-state index in [9.17, 15) is 5.11 Å². The van der Waals surface area contributed by atoms with Crippen LogP contribution in [-0.2, 0) is 18.9 Å². The van der Waals surface area contributed by atoms with E-state index in [4.69, 9.17) is 18.9 Å². The molecule has 0 amide bonds. The third-order valence-electron chi connectivity index (χ3n) is 12.6. The van der Waals surface area contributed by atoms with Gasteiger partial charge >= 0.3 is 0 Å². The van der Waals surface area contributed by atoms with Crippen LogP contribution in [0.4, 0.5) is 0 Å². The minimum absolute atomic E-state index is 0.0286. The molecule has 0 aromatic heterocycles. The van der Waals surface area contributed by atoms with Gasteiger partial charge in [-0.3, -0.25) is 4.90 Å². The minimum atomic E-state index is -0.128. The Kier molecular flexibility index (Phi) is 9.10. The highest BCUT2D eigenvalue weighted by Crippen LogP contribution is 2.63. The zero-order chi connectivity index (χ0) is 28.8. The van der Waals surface area contributed by atoms with E-state index in [0.29, 0.717) is 61.7 Å². The molecule has 2 saturated heterocycles. The molecule has 1 spiro atoms. The standard InChI is InChI=1S/C35H57NO5/c1-23-18-32-33(36(22-23)12-13-39-16-17-40-15-14-38-5)25(3)35(41-32)11-9-28-29-7-6-26-19-27(37)8-10-34(26,4)31(29)20-30(28)24(2)21-35/h6,23,25,27-29,31-33,37H,7-22H2,1-5H3/t23-,25+,27-,28-,29?,31-,32+,33-,34-,35-/m0/s1. The quantitative estimate of drug-likeness (QED) is 0.280. The molecule has 1 N–H and O–H groups in total. The molecule has 0 bridgehead atoms. The van der Waals surface area contributed by atoms with Gasteiger partial charge in [-0.2, -0.15) is 0 Å². The topological polar surface area (TPSA) is 60.4 Å². The smallest absolute Gasteiger partial charge is 0.0765 e. The van der Waals surface area contributed by atoms with Gasteiger partial charge in [-0.05, 0) is 93.8 Å². The summed E-state index contributed by atoms with van der Waals surface area (Å²) in [4.78, 5) is 2.71. The number of piperidine rings is 1. The highest BCUT2D eigenvalue weighted by Gasteiger charge is 2.59. The summed E-state index contributed by atoms with van der Waals surface area (Å²) in [7, 11) is 1.70. The summed E-state index contributed by atoms with van der Waals surface area (Å²) in [6.07, 6.45) is 13.0. The Morgan fingerprint density at radius 3 is 2.63 bits per heavy atom. The van der Waals surface area contributed by atoms with E-state index in [-0.39, 0.29) is 11.7 Å². The van der Waals surface area contributed by atoms with Crippen LogP contribution in [0.15, 0.2) is 22.8 Å². The van der Waals surface area contributed by atoms with Gasteiger partial charge in [-0.15, -0.1) is 0 Å². The number of hydrogen-bond acceptors (Lipinski definition) is 6. The Labute approximate surface area is 249 Å². The Bertz CT molecular complexity index is 995. The second-order valence-electron chi connectivity index (χ2n) is 14.9. The number of allylic oxidation sites excluding steroid dienone is 2. The Hall–Kier alpha value is -0.760. The average Bonchev–Trinajstić information content (AvgIpc) is 3.40. The fourth-order valence-electron chi connectivity index (χ4n) is 10.5. The van der Waals surface area contributed by atoms with Crippen LogP contribution >= 0.6 is 0 Å². The van der Waals surface area contributed by atoms with Crippen LogP contribution in [0.3, 0.4) is 0 Å². The Balaban J connectivity index is 1.12. The van der Waals surface area contributed by atoms with Crippen molar-refractivity contribution < 1.29 is 24.1 Å². The lowest BCUT2D eigenvalue weighted by Gasteiger charge is -2.49. The summed E-state index contributed by atoms with van der Waals surface area (Å²) in [5.41, 5.74) is 5.26. The summed E-state index contributed by atoms with van der Waals surface area (Å²) in [6.45, 7) is 15.3. The molecule has 6 nitrogen and oxygen atoms in total. The van der Waals surface area contributed by atoms with E-state index in [0.717, 1.165) is 57.2 Å². The minimum Gasteiger partial charge on any atom is -0.393 e. The van der Waals surface area contributed by atoms with Crippen molar-refractivity contribution in [1.29, 1.82) is 0 Å². The van der Waals surface area contributed by atoms with Crippen molar-refractivity contribution in [2.45, 2.75) is 109 Å². The number of hydrogen-bond donors (Lipinski definition) is 1. The Morgan fingerprint density at radius 2 is 1.83 bits per heavy atom. The molecule has 41 heavy (non-hydrogen) atoms. The maximum absolute atomic E-state index is 10.4. The second kappa shape index (κ2) is 12.3. The van der Waals surface area contributed by atoms with Crippen LogP contribution in [0.5, 0.6) is 0 Å². The van der Waals surface area contributed by atoms with Crippen LogP contribution in [0, 0.1) is 35.0 Å². The van der Waals surface area contributed by atoms with Gasteiger partial charge < -0.3 is 24.1 Å². The fraction of sp³-hybridized carbons (Fsp3) is 0.886. The van der Waals surface area contributed by atoms with E-state index < -0.39 is 0 Å². The maximum Gasteiger partial charge on any atom is 0.0765 e. The van der Waals surface area contributed by atoms with Gasteiger partial charge in [0.1, 0.15) is 0 Å². The molecular formula is C35H57NO5. The fourth-order valence-corrected chi connectivity index (χ4v) is 10.5. The van der Waals surface area contributed by atoms with Crippen molar-refractivity contribution in [3.63, 3.8) is 0 Å². The van der Waals surface area contributed by atoms with Crippen LogP contribution < -0.4 is 0 Å². The number of ether oxygens (including phenoxy) is 4. The van der Waals surface area contributed by atoms with Gasteiger partial charge in [0, 0.05) is 32.2 Å². The van der Waals surface area contributed by atoms with Crippen LogP contribution in [0.1, 0.15) is 85.5 Å². The molecule has 2 aliphatic heterocycles. The first-order valence-corrected chi connectivity index (χ1v) is 16.9. The van der Waals surface area contributed by atoms with Crippen LogP contribution in [-0.4, -0.2) is 87.1 Å². The van der Waals surface area contributed by atoms with Crippen LogP contribution in [0.25, 0.3) is 0 Å². The molecule has 6 heteroatoms. The monoisotopic (exact) mass is 571 g/mol. The lowest BCUT2D eigenvalue weighted by molar-refractivity contribution is -0.0806. The molecule has 0 radical (unpaired) electrons. The van der Waals surface area contributed by atoms with E-state index in [1.54, 1.807) is 23.8 Å². The van der Waals surface area contributed by atoms with E-state index in [1.165, 1.54) is 32.1 Å². The number of aliphatic hydroxyl groups excluding tert-OH is 1. The normalized spacial score (nSPS) is 44.3. The number of methoxy groups -OCH3 is 1. The summed E-state index contributed by atoms with van der Waals surface area (Å²) in [5.74, 6) is 3.42. The summed E-state index contributed by atoms with van der Waals surface area (Å²) in [5, 5.41) is 10.4. The van der Waals surface area contributed by atoms with Crippen LogP contribution in [0.2, 0.25) is 0 Å². The Morgan fingerprint density at radius 1 is 1.05 bits per heavy atom. The van der Waals surface area contributed by atoms with Crippen molar-refractivity contribution in [2.24, 2.45) is 35.0 Å². The first-order valence-electron chi connectivity index (χ1n) is 16.9. The number of aliphatic hydroxyl groups is 1. The van der Waals surface area contributed by atoms with Gasteiger partial charge in [0.25, 0.3) is 0 Å². The van der Waals surface area contributed by atoms with Crippen molar-refractivity contribution in [2.75, 3.05) is 53.2 Å². The van der Waals surface area contributed by atoms with Crippen molar-refractivity contribution in [1.82, 2.24) is 4.90 Å². The molecular weight excluding hydrogens is 514 g/mol. The molecule has 2 saturated carbocycles. The average molecular weight is 572 g/mol. The molecule has 4 fully saturated rings. The largest absolute Gasteiger partial charge is 0.393 e. The van der Waals surface area contributed by atoms with Crippen molar-refractivity contribution >= 4 is 0 Å². The van der Waals surface area contributed by atoms with Gasteiger partial charge in [-0.1, -0.05) is 43.6 Å². The summed E-state index contributed by atoms with van der Waals surface area (Å²) in [6, 6.07) is 0.490. The molecule has 4 aliphatic carbocycles. The van der Waals surface area contributed by atoms with Crippen molar-refractivity contribution in [3.05, 3.63) is 22.8 Å². The summed E-state index contributed by atoms with van der Waals surface area (Å²) >= 11 is 0. The zero-order valence-corrected chi connectivity index (χ0v) is 26.5. The zero-order valence-electron chi connectivity index (χ0n) is 26.5. The molecule has 2 heterocycles. The SMILES string of the molecule is COCCOCCOCCN1C[C@@H](C)C[C@H]2O[C@]3(CC[C@@H]4C(=C(C)C3)C[C@H]3C4CC=C4C[C@@H](O)CC[C@@]43C)[C@H](C)[C@@H]21. The number of fused-ring (bicyclic) bond motifs is 6. The number of likely N-dealkylation sites (tertiary alicyclic amines) is 1. The van der Waals surface area contributed by atoms with E-state index in [1.807, 2.05) is 0 Å². The predicted octanol–water partition coefficient (Wildman–Crippen LogP) is 5.78. The third kappa shape index (κ3) is 5.64. The third-order valence-corrected chi connectivity index (χ3v) is 12.6. The van der Waals surface area contributed by atoms with Crippen molar-refractivity contribution in [3.8, 4) is 0 Å². The van der Waals surface area contributed by atoms with E-state index >= 15 is 0 Å². The first-order chi connectivity index (χ1) is 19.8. The summed E-state index contributed by atoms with van der Waals surface area (Å²) < 4.78 is 23.9. The highest BCUT2D eigenvalue weighted by molar-refractivity contribution is 5.34.